The van der Waals surface area contributed by atoms with Crippen LogP contribution in [0, 0.1) is 0 Å². The van der Waals surface area contributed by atoms with Crippen LogP contribution in [0.2, 0.25) is 0 Å². The molecule has 0 aliphatic carbocycles. The van der Waals surface area contributed by atoms with Crippen molar-refractivity contribution in [2.24, 2.45) is 0 Å². The highest BCUT2D eigenvalue weighted by atomic mass is 16.2. The minimum Gasteiger partial charge on any atom is -0.341 e. The Hall–Kier alpha value is -1.72. The molecule has 0 aromatic carbocycles. The molecule has 0 heterocycles. The summed E-state index contributed by atoms with van der Waals surface area (Å²) in [6.07, 6.45) is 1.02. The molecule has 6 nitrogen and oxygen atoms in total. The van der Waals surface area contributed by atoms with Crippen LogP contribution in [0.1, 0.15) is 13.8 Å². The van der Waals surface area contributed by atoms with Crippen molar-refractivity contribution in [3.8, 4) is 0 Å². The summed E-state index contributed by atoms with van der Waals surface area (Å²) in [4.78, 5) is 38.4. The smallest absolute Gasteiger partial charge is 0.208 e. The highest BCUT2D eigenvalue weighted by Gasteiger charge is 1.94. The molecule has 0 unspecified atom stereocenters. The first-order valence-electron chi connectivity index (χ1n) is 3.41. The molecule has 0 radical (unpaired) electrons. The predicted molar refractivity (Wildman–Crippen MR) is 44.6 cm³/mol. The van der Waals surface area contributed by atoms with Gasteiger partial charge in [-0.3, -0.25) is 19.2 Å². The van der Waals surface area contributed by atoms with Gasteiger partial charge in [0.25, 0.3) is 0 Å². The van der Waals surface area contributed by atoms with E-state index in [1.165, 1.54) is 13.8 Å². The van der Waals surface area contributed by atoms with Gasteiger partial charge in [-0.15, -0.1) is 0 Å². The fraction of sp³-hybridized carbons (Fsp3) is 0.429. The van der Waals surface area contributed by atoms with Gasteiger partial charge >= 0.3 is 0 Å². The standard InChI is InChI=1S/C4H6O2.C3H6N2O2/c1-3(5)4(2)6;6-2-4-1-5-3-7/h1-2H3;2-3H,1H2,(H,4,6)(H,5,7). The van der Waals surface area contributed by atoms with Crippen LogP contribution < -0.4 is 10.6 Å². The van der Waals surface area contributed by atoms with E-state index in [0.717, 1.165) is 0 Å². The Morgan fingerprint density at radius 3 is 1.46 bits per heavy atom. The number of Topliss-reactive ketones (excluding diaryl/α,β-unsaturated/α-hetero) is 2. The minimum absolute atomic E-state index is 0.201. The molecule has 0 fully saturated rings. The second kappa shape index (κ2) is 10.3. The molecule has 0 aliphatic heterocycles. The van der Waals surface area contributed by atoms with Gasteiger partial charge in [0.05, 0.1) is 6.67 Å². The molecule has 0 aliphatic rings. The maximum atomic E-state index is 9.79. The van der Waals surface area contributed by atoms with Gasteiger partial charge in [0.2, 0.25) is 12.8 Å². The molecular weight excluding hydrogens is 176 g/mol. The van der Waals surface area contributed by atoms with Crippen LogP contribution in [0.25, 0.3) is 0 Å². The molecule has 0 spiro atoms. The first-order valence-corrected chi connectivity index (χ1v) is 3.41. The highest BCUT2D eigenvalue weighted by molar-refractivity contribution is 6.35. The second-order valence-corrected chi connectivity index (χ2v) is 1.93. The molecule has 2 N–H and O–H groups in total. The van der Waals surface area contributed by atoms with Gasteiger partial charge < -0.3 is 10.6 Å². The molecule has 0 aromatic rings. The summed E-state index contributed by atoms with van der Waals surface area (Å²) >= 11 is 0. The van der Waals surface area contributed by atoms with Crippen molar-refractivity contribution >= 4 is 24.4 Å². The van der Waals surface area contributed by atoms with Crippen molar-refractivity contribution in [1.29, 1.82) is 0 Å². The zero-order valence-corrected chi connectivity index (χ0v) is 7.49. The van der Waals surface area contributed by atoms with E-state index in [0.29, 0.717) is 12.8 Å². The Morgan fingerprint density at radius 2 is 1.31 bits per heavy atom. The largest absolute Gasteiger partial charge is 0.341 e. The van der Waals surface area contributed by atoms with Gasteiger partial charge in [-0.05, 0) is 0 Å². The van der Waals surface area contributed by atoms with E-state index in [1.807, 2.05) is 0 Å². The van der Waals surface area contributed by atoms with E-state index >= 15 is 0 Å². The first-order chi connectivity index (χ1) is 6.06. The topological polar surface area (TPSA) is 92.3 Å². The maximum absolute atomic E-state index is 9.79. The Bertz CT molecular complexity index is 171. The molecule has 2 amide bonds. The van der Waals surface area contributed by atoms with E-state index in [9.17, 15) is 19.2 Å². The fourth-order valence-corrected chi connectivity index (χ4v) is 0.142. The summed E-state index contributed by atoms with van der Waals surface area (Å²) in [5.74, 6) is -0.759. The van der Waals surface area contributed by atoms with E-state index in [4.69, 9.17) is 0 Å². The third kappa shape index (κ3) is 17.9. The van der Waals surface area contributed by atoms with Crippen molar-refractivity contribution in [3.05, 3.63) is 0 Å². The summed E-state index contributed by atoms with van der Waals surface area (Å²) < 4.78 is 0. The summed E-state index contributed by atoms with van der Waals surface area (Å²) in [6, 6.07) is 0. The van der Waals surface area contributed by atoms with Gasteiger partial charge in [0.15, 0.2) is 11.6 Å². The van der Waals surface area contributed by atoms with E-state index < -0.39 is 0 Å². The Morgan fingerprint density at radius 1 is 1.00 bits per heavy atom. The number of ketones is 2. The Balaban J connectivity index is 0. The number of hydrogen-bond donors (Lipinski definition) is 2. The Kier molecular flexibility index (Phi) is 10.9. The van der Waals surface area contributed by atoms with Crippen LogP contribution in [0.5, 0.6) is 0 Å². The molecule has 0 atom stereocenters. The molecular formula is C7H12N2O4. The number of carbonyl (C=O) groups is 4. The lowest BCUT2D eigenvalue weighted by atomic mass is 10.3. The van der Waals surface area contributed by atoms with Gasteiger partial charge in [0, 0.05) is 13.8 Å². The van der Waals surface area contributed by atoms with Crippen LogP contribution >= 0.6 is 0 Å². The Labute approximate surface area is 75.7 Å². The second-order valence-electron chi connectivity index (χ2n) is 1.93. The van der Waals surface area contributed by atoms with Gasteiger partial charge in [-0.1, -0.05) is 0 Å². The molecule has 0 saturated heterocycles. The lowest BCUT2D eigenvalue weighted by Gasteiger charge is -1.90. The van der Waals surface area contributed by atoms with Gasteiger partial charge in [-0.2, -0.15) is 0 Å². The summed E-state index contributed by atoms with van der Waals surface area (Å²) in [7, 11) is 0. The quantitative estimate of drug-likeness (QED) is 0.240. The SMILES string of the molecule is CC(=O)C(C)=O.O=CNCNC=O. The van der Waals surface area contributed by atoms with Crippen LogP contribution in [0.15, 0.2) is 0 Å². The molecule has 74 valence electrons. The molecule has 0 bridgehead atoms. The average molecular weight is 188 g/mol. The van der Waals surface area contributed by atoms with E-state index in [2.05, 4.69) is 10.6 Å². The average Bonchev–Trinajstić information content (AvgIpc) is 2.06. The van der Waals surface area contributed by atoms with Crippen molar-refractivity contribution in [1.82, 2.24) is 10.6 Å². The van der Waals surface area contributed by atoms with Crippen LogP contribution in [0.3, 0.4) is 0 Å². The lowest BCUT2D eigenvalue weighted by Crippen LogP contribution is -2.26. The number of rotatable bonds is 5. The van der Waals surface area contributed by atoms with E-state index in [1.54, 1.807) is 0 Å². The number of hydrogen-bond acceptors (Lipinski definition) is 4. The fourth-order valence-electron chi connectivity index (χ4n) is 0.142. The molecule has 6 heteroatoms. The summed E-state index contributed by atoms with van der Waals surface area (Å²) in [5, 5.41) is 4.45. The number of carbonyl (C=O) groups excluding carboxylic acids is 4. The molecule has 0 saturated carbocycles. The van der Waals surface area contributed by atoms with Crippen molar-refractivity contribution in [2.45, 2.75) is 13.8 Å². The van der Waals surface area contributed by atoms with Crippen molar-refractivity contribution in [3.63, 3.8) is 0 Å². The predicted octanol–water partition coefficient (Wildman–Crippen LogP) is -1.40. The highest BCUT2D eigenvalue weighted by Crippen LogP contribution is 1.66. The third-order valence-electron chi connectivity index (χ3n) is 0.867. The first kappa shape index (κ1) is 13.8. The van der Waals surface area contributed by atoms with Crippen molar-refractivity contribution in [2.75, 3.05) is 6.67 Å². The lowest BCUT2D eigenvalue weighted by molar-refractivity contribution is -0.134. The summed E-state index contributed by atoms with van der Waals surface area (Å²) in [6.45, 7) is 2.71. The normalized spacial score (nSPS) is 7.23. The number of amides is 2. The van der Waals surface area contributed by atoms with Gasteiger partial charge in [0.1, 0.15) is 0 Å². The van der Waals surface area contributed by atoms with Crippen LogP contribution in [0.4, 0.5) is 0 Å². The minimum atomic E-state index is -0.380. The van der Waals surface area contributed by atoms with Crippen LogP contribution in [-0.2, 0) is 19.2 Å². The van der Waals surface area contributed by atoms with Crippen LogP contribution in [-0.4, -0.2) is 31.1 Å². The number of nitrogens with one attached hydrogen (secondary N) is 2. The monoisotopic (exact) mass is 188 g/mol. The van der Waals surface area contributed by atoms with Gasteiger partial charge in [-0.25, -0.2) is 0 Å². The molecule has 0 aromatic heterocycles. The van der Waals surface area contributed by atoms with Crippen molar-refractivity contribution < 1.29 is 19.2 Å². The molecule has 13 heavy (non-hydrogen) atoms. The zero-order chi connectivity index (χ0) is 10.7. The zero-order valence-electron chi connectivity index (χ0n) is 7.49. The molecule has 0 rings (SSSR count). The summed E-state index contributed by atoms with van der Waals surface area (Å²) in [5.41, 5.74) is 0. The third-order valence-corrected chi connectivity index (χ3v) is 0.867. The maximum Gasteiger partial charge on any atom is 0.208 e. The van der Waals surface area contributed by atoms with E-state index in [-0.39, 0.29) is 18.2 Å².